The number of alkyl halides is 2. The topological polar surface area (TPSA) is 44.0 Å². The number of hydrogen-bond acceptors (Lipinski definition) is 2. The first kappa shape index (κ1) is 8.47. The second-order valence-corrected chi connectivity index (χ2v) is 2.23. The van der Waals surface area contributed by atoms with Gasteiger partial charge in [-0.05, 0) is 18.2 Å². The number of aromatic hydroxyl groups is 1. The van der Waals surface area contributed by atoms with Gasteiger partial charge in [0.15, 0.2) is 0 Å². The summed E-state index contributed by atoms with van der Waals surface area (Å²) in [5.41, 5.74) is -0.308. The van der Waals surface area contributed by atoms with Crippen molar-refractivity contribution in [3.63, 3.8) is 0 Å². The lowest BCUT2D eigenvalue weighted by Gasteiger charge is -2.00. The summed E-state index contributed by atoms with van der Waals surface area (Å²) >= 11 is 0. The average molecular weight is 169 g/mol. The van der Waals surface area contributed by atoms with Crippen LogP contribution in [0.25, 0.3) is 0 Å². The Labute approximate surface area is 67.7 Å². The van der Waals surface area contributed by atoms with E-state index in [1.54, 1.807) is 6.07 Å². The second-order valence-electron chi connectivity index (χ2n) is 2.23. The molecule has 0 heterocycles. The lowest BCUT2D eigenvalue weighted by Crippen LogP contribution is -1.85. The van der Waals surface area contributed by atoms with Gasteiger partial charge in [0, 0.05) is 5.56 Å². The van der Waals surface area contributed by atoms with Crippen molar-refractivity contribution in [3.8, 4) is 11.8 Å². The molecule has 0 amide bonds. The third kappa shape index (κ3) is 1.70. The fourth-order valence-corrected chi connectivity index (χ4v) is 0.825. The second kappa shape index (κ2) is 3.18. The Balaban J connectivity index is 3.17. The number of hydrogen-bond donors (Lipinski definition) is 1. The van der Waals surface area contributed by atoms with Gasteiger partial charge in [0.2, 0.25) is 0 Å². The molecule has 0 aliphatic heterocycles. The number of phenols is 1. The summed E-state index contributed by atoms with van der Waals surface area (Å²) < 4.78 is 24.1. The molecule has 62 valence electrons. The highest BCUT2D eigenvalue weighted by molar-refractivity contribution is 5.40. The van der Waals surface area contributed by atoms with E-state index in [-0.39, 0.29) is 16.9 Å². The van der Waals surface area contributed by atoms with Crippen LogP contribution in [-0.2, 0) is 0 Å². The van der Waals surface area contributed by atoms with Crippen molar-refractivity contribution < 1.29 is 13.9 Å². The highest BCUT2D eigenvalue weighted by Crippen LogP contribution is 2.24. The van der Waals surface area contributed by atoms with Gasteiger partial charge >= 0.3 is 0 Å². The van der Waals surface area contributed by atoms with Gasteiger partial charge in [-0.25, -0.2) is 8.78 Å². The number of benzene rings is 1. The maximum Gasteiger partial charge on any atom is 0.264 e. The van der Waals surface area contributed by atoms with E-state index in [1.165, 1.54) is 0 Å². The Bertz CT molecular complexity index is 330. The normalized spacial score (nSPS) is 9.83. The zero-order chi connectivity index (χ0) is 9.14. The standard InChI is InChI=1S/C8H5F2NO/c9-8(10)6-1-5(4-11)2-7(12)3-6/h1-3,8,12H. The summed E-state index contributed by atoms with van der Waals surface area (Å²) in [7, 11) is 0. The molecular formula is C8H5F2NO. The van der Waals surface area contributed by atoms with Crippen molar-refractivity contribution in [3.05, 3.63) is 29.3 Å². The largest absolute Gasteiger partial charge is 0.508 e. The van der Waals surface area contributed by atoms with Gasteiger partial charge in [-0.15, -0.1) is 0 Å². The number of rotatable bonds is 1. The molecule has 0 saturated heterocycles. The number of halogens is 2. The van der Waals surface area contributed by atoms with Crippen LogP contribution in [0.5, 0.6) is 5.75 Å². The van der Waals surface area contributed by atoms with Crippen molar-refractivity contribution in [1.29, 1.82) is 5.26 Å². The third-order valence-corrected chi connectivity index (χ3v) is 1.32. The van der Waals surface area contributed by atoms with Crippen molar-refractivity contribution in [2.75, 3.05) is 0 Å². The van der Waals surface area contributed by atoms with Gasteiger partial charge < -0.3 is 5.11 Å². The van der Waals surface area contributed by atoms with Crippen LogP contribution in [0.4, 0.5) is 8.78 Å². The van der Waals surface area contributed by atoms with E-state index >= 15 is 0 Å². The van der Waals surface area contributed by atoms with Crippen molar-refractivity contribution in [1.82, 2.24) is 0 Å². The van der Waals surface area contributed by atoms with Gasteiger partial charge in [-0.3, -0.25) is 0 Å². The first-order valence-corrected chi connectivity index (χ1v) is 3.15. The monoisotopic (exact) mass is 169 g/mol. The van der Waals surface area contributed by atoms with E-state index in [9.17, 15) is 8.78 Å². The lowest BCUT2D eigenvalue weighted by atomic mass is 10.1. The number of nitriles is 1. The first-order valence-electron chi connectivity index (χ1n) is 3.15. The molecule has 0 spiro atoms. The van der Waals surface area contributed by atoms with Crippen LogP contribution in [0, 0.1) is 11.3 Å². The molecule has 1 N–H and O–H groups in total. The summed E-state index contributed by atoms with van der Waals surface area (Å²) in [6.45, 7) is 0. The van der Waals surface area contributed by atoms with Crippen LogP contribution < -0.4 is 0 Å². The predicted molar refractivity (Wildman–Crippen MR) is 37.8 cm³/mol. The fraction of sp³-hybridized carbons (Fsp3) is 0.125. The Kier molecular flexibility index (Phi) is 2.24. The third-order valence-electron chi connectivity index (χ3n) is 1.32. The van der Waals surface area contributed by atoms with E-state index in [0.29, 0.717) is 0 Å². The Hall–Kier alpha value is -1.63. The highest BCUT2D eigenvalue weighted by atomic mass is 19.3. The minimum Gasteiger partial charge on any atom is -0.508 e. The molecule has 2 nitrogen and oxygen atoms in total. The molecule has 0 fully saturated rings. The molecule has 4 heteroatoms. The smallest absolute Gasteiger partial charge is 0.264 e. The molecule has 1 aromatic carbocycles. The molecule has 1 aromatic rings. The van der Waals surface area contributed by atoms with Crippen molar-refractivity contribution in [2.24, 2.45) is 0 Å². The molecule has 0 saturated carbocycles. The SMILES string of the molecule is N#Cc1cc(O)cc(C(F)F)c1. The van der Waals surface area contributed by atoms with E-state index in [0.717, 1.165) is 18.2 Å². The summed E-state index contributed by atoms with van der Waals surface area (Å²) in [6, 6.07) is 4.78. The van der Waals surface area contributed by atoms with E-state index in [2.05, 4.69) is 0 Å². The summed E-state index contributed by atoms with van der Waals surface area (Å²) in [5.74, 6) is -0.315. The number of nitrogens with zero attached hydrogens (tertiary/aromatic N) is 1. The van der Waals surface area contributed by atoms with Crippen LogP contribution in [0.1, 0.15) is 17.6 Å². The fourth-order valence-electron chi connectivity index (χ4n) is 0.825. The molecule has 0 unspecified atom stereocenters. The zero-order valence-electron chi connectivity index (χ0n) is 5.96. The Morgan fingerprint density at radius 1 is 1.33 bits per heavy atom. The maximum atomic E-state index is 12.0. The van der Waals surface area contributed by atoms with E-state index in [1.807, 2.05) is 0 Å². The van der Waals surface area contributed by atoms with Crippen molar-refractivity contribution in [2.45, 2.75) is 6.43 Å². The molecule has 1 rings (SSSR count). The molecule has 12 heavy (non-hydrogen) atoms. The highest BCUT2D eigenvalue weighted by Gasteiger charge is 2.08. The molecule has 0 aliphatic carbocycles. The zero-order valence-corrected chi connectivity index (χ0v) is 5.96. The van der Waals surface area contributed by atoms with Gasteiger partial charge in [-0.2, -0.15) is 5.26 Å². The summed E-state index contributed by atoms with van der Waals surface area (Å²) in [4.78, 5) is 0. The van der Waals surface area contributed by atoms with Crippen LogP contribution in [0.2, 0.25) is 0 Å². The van der Waals surface area contributed by atoms with Crippen LogP contribution >= 0.6 is 0 Å². The van der Waals surface area contributed by atoms with Crippen LogP contribution in [0.15, 0.2) is 18.2 Å². The summed E-state index contributed by atoms with van der Waals surface area (Å²) in [5, 5.41) is 17.3. The van der Waals surface area contributed by atoms with Gasteiger partial charge in [-0.1, -0.05) is 0 Å². The molecule has 0 atom stereocenters. The predicted octanol–water partition coefficient (Wildman–Crippen LogP) is 2.20. The van der Waals surface area contributed by atoms with Crippen molar-refractivity contribution >= 4 is 0 Å². The summed E-state index contributed by atoms with van der Waals surface area (Å²) in [6.07, 6.45) is -2.66. The minimum absolute atomic E-state index is 0.0327. The van der Waals surface area contributed by atoms with Gasteiger partial charge in [0.05, 0.1) is 11.6 Å². The van der Waals surface area contributed by atoms with E-state index in [4.69, 9.17) is 10.4 Å². The minimum atomic E-state index is -2.66. The molecular weight excluding hydrogens is 164 g/mol. The Morgan fingerprint density at radius 2 is 2.00 bits per heavy atom. The number of phenolic OH excluding ortho intramolecular Hbond substituents is 1. The van der Waals surface area contributed by atoms with Gasteiger partial charge in [0.25, 0.3) is 6.43 Å². The Morgan fingerprint density at radius 3 is 2.50 bits per heavy atom. The molecule has 0 aromatic heterocycles. The average Bonchev–Trinajstić information content (AvgIpc) is 2.03. The van der Waals surface area contributed by atoms with Crippen LogP contribution in [0.3, 0.4) is 0 Å². The quantitative estimate of drug-likeness (QED) is 0.700. The maximum absolute atomic E-state index is 12.0. The first-order chi connectivity index (χ1) is 5.63. The molecule has 0 radical (unpaired) electrons. The van der Waals surface area contributed by atoms with E-state index < -0.39 is 6.43 Å². The molecule has 0 aliphatic rings. The molecule has 0 bridgehead atoms. The lowest BCUT2D eigenvalue weighted by molar-refractivity contribution is 0.151. The van der Waals surface area contributed by atoms with Gasteiger partial charge in [0.1, 0.15) is 5.75 Å². The van der Waals surface area contributed by atoms with Crippen LogP contribution in [-0.4, -0.2) is 5.11 Å².